The molecule has 0 heterocycles. The molecule has 0 aliphatic rings. The third-order valence-corrected chi connectivity index (χ3v) is 7.23. The average Bonchev–Trinajstić information content (AvgIpc) is 2.99. The Balaban J connectivity index is 1.58. The summed E-state index contributed by atoms with van der Waals surface area (Å²) >= 11 is 0. The molecule has 2 N–H and O–H groups in total. The summed E-state index contributed by atoms with van der Waals surface area (Å²) in [5.41, 5.74) is 3.35. The monoisotopic (exact) mass is 552 g/mol. The van der Waals surface area contributed by atoms with Gasteiger partial charge >= 0.3 is 0 Å². The van der Waals surface area contributed by atoms with Crippen LogP contribution in [0.15, 0.2) is 58.8 Å². The van der Waals surface area contributed by atoms with Crippen LogP contribution >= 0.6 is 0 Å². The number of oxime groups is 2. The number of benzene rings is 2. The number of rotatable bonds is 23. The second kappa shape index (κ2) is 21.8. The first-order valence-electron chi connectivity index (χ1n) is 15.6. The van der Waals surface area contributed by atoms with Crippen molar-refractivity contribution in [2.45, 2.75) is 117 Å². The van der Waals surface area contributed by atoms with E-state index in [0.717, 1.165) is 111 Å². The fourth-order valence-corrected chi connectivity index (χ4v) is 4.72. The lowest BCUT2D eigenvalue weighted by Gasteiger charge is -2.09. The van der Waals surface area contributed by atoms with Gasteiger partial charge in [-0.15, -0.1) is 0 Å². The predicted octanol–water partition coefficient (Wildman–Crippen LogP) is 9.78. The van der Waals surface area contributed by atoms with Crippen molar-refractivity contribution in [3.63, 3.8) is 0 Å². The highest BCUT2D eigenvalue weighted by atomic mass is 16.5. The van der Waals surface area contributed by atoms with E-state index in [0.29, 0.717) is 0 Å². The minimum Gasteiger partial charge on any atom is -0.494 e. The van der Waals surface area contributed by atoms with Gasteiger partial charge in [-0.2, -0.15) is 0 Å². The van der Waals surface area contributed by atoms with Crippen molar-refractivity contribution < 1.29 is 19.9 Å². The van der Waals surface area contributed by atoms with Gasteiger partial charge in [-0.05, 0) is 98.2 Å². The fourth-order valence-electron chi connectivity index (χ4n) is 4.72. The molecule has 0 aromatic heterocycles. The number of unbranched alkanes of at least 4 members (excludes halogenated alkanes) is 11. The maximum absolute atomic E-state index is 9.51. The standard InChI is InChI=1S/C34H52N2O4/c1-3-5-7-15-27-39-31-23-19-29(20-24-31)33(35-37)17-13-11-9-10-12-14-18-34(36-38)30-21-25-32(26-22-30)40-28-16-8-6-4-2/h19-26,37-38H,3-18,27-28H2,1-2H3/b35-33-,36-34+. The van der Waals surface area contributed by atoms with E-state index in [2.05, 4.69) is 24.2 Å². The summed E-state index contributed by atoms with van der Waals surface area (Å²) in [5.74, 6) is 1.73. The van der Waals surface area contributed by atoms with Gasteiger partial charge in [0.2, 0.25) is 0 Å². The summed E-state index contributed by atoms with van der Waals surface area (Å²) < 4.78 is 11.6. The van der Waals surface area contributed by atoms with E-state index in [1.54, 1.807) is 0 Å². The molecule has 0 spiro atoms. The Morgan fingerprint density at radius 3 is 1.20 bits per heavy atom. The molecular formula is C34H52N2O4. The lowest BCUT2D eigenvalue weighted by molar-refractivity contribution is 0.305. The molecule has 0 unspecified atom stereocenters. The summed E-state index contributed by atoms with van der Waals surface area (Å²) in [4.78, 5) is 0. The maximum atomic E-state index is 9.51. The molecule has 0 radical (unpaired) electrons. The van der Waals surface area contributed by atoms with Crippen molar-refractivity contribution in [1.29, 1.82) is 0 Å². The smallest absolute Gasteiger partial charge is 0.119 e. The quantitative estimate of drug-likeness (QED) is 0.0622. The second-order valence-electron chi connectivity index (χ2n) is 10.6. The van der Waals surface area contributed by atoms with E-state index in [-0.39, 0.29) is 0 Å². The molecule has 6 heteroatoms. The first-order valence-corrected chi connectivity index (χ1v) is 15.6. The summed E-state index contributed by atoms with van der Waals surface area (Å²) in [7, 11) is 0. The highest BCUT2D eigenvalue weighted by molar-refractivity contribution is 6.00. The normalized spacial score (nSPS) is 12.1. The molecule has 2 aromatic rings. The third kappa shape index (κ3) is 13.9. The van der Waals surface area contributed by atoms with Gasteiger partial charge in [0.25, 0.3) is 0 Å². The van der Waals surface area contributed by atoms with E-state index < -0.39 is 0 Å². The molecule has 0 amide bonds. The van der Waals surface area contributed by atoms with Crippen molar-refractivity contribution in [2.75, 3.05) is 13.2 Å². The molecule has 2 rings (SSSR count). The molecule has 0 aliphatic carbocycles. The van der Waals surface area contributed by atoms with E-state index in [1.165, 1.54) is 38.5 Å². The minimum atomic E-state index is 0.728. The summed E-state index contributed by atoms with van der Waals surface area (Å²) in [6.07, 6.45) is 17.5. The lowest BCUT2D eigenvalue weighted by atomic mass is 10.0. The van der Waals surface area contributed by atoms with Crippen LogP contribution in [0.4, 0.5) is 0 Å². The van der Waals surface area contributed by atoms with Crippen LogP contribution in [0.2, 0.25) is 0 Å². The Bertz CT molecular complexity index is 875. The molecule has 0 bridgehead atoms. The zero-order valence-electron chi connectivity index (χ0n) is 25.0. The van der Waals surface area contributed by atoms with Crippen molar-refractivity contribution in [2.24, 2.45) is 10.3 Å². The van der Waals surface area contributed by atoms with Crippen LogP contribution in [0.1, 0.15) is 128 Å². The van der Waals surface area contributed by atoms with Gasteiger partial charge in [0.05, 0.1) is 24.6 Å². The zero-order valence-corrected chi connectivity index (χ0v) is 25.0. The van der Waals surface area contributed by atoms with Crippen LogP contribution < -0.4 is 9.47 Å². The van der Waals surface area contributed by atoms with Crippen LogP contribution in [0, 0.1) is 0 Å². The molecule has 0 fully saturated rings. The maximum Gasteiger partial charge on any atom is 0.119 e. The Morgan fingerprint density at radius 1 is 0.500 bits per heavy atom. The van der Waals surface area contributed by atoms with Crippen LogP contribution in [0.25, 0.3) is 0 Å². The third-order valence-electron chi connectivity index (χ3n) is 7.23. The van der Waals surface area contributed by atoms with Gasteiger partial charge in [0.15, 0.2) is 0 Å². The molecular weight excluding hydrogens is 500 g/mol. The number of hydrogen-bond donors (Lipinski definition) is 2. The van der Waals surface area contributed by atoms with E-state index >= 15 is 0 Å². The second-order valence-corrected chi connectivity index (χ2v) is 10.6. The topological polar surface area (TPSA) is 83.6 Å². The summed E-state index contributed by atoms with van der Waals surface area (Å²) in [6.45, 7) is 5.91. The minimum absolute atomic E-state index is 0.728. The molecule has 0 saturated carbocycles. The van der Waals surface area contributed by atoms with Crippen molar-refractivity contribution in [3.8, 4) is 11.5 Å². The predicted molar refractivity (Wildman–Crippen MR) is 166 cm³/mol. The fraction of sp³-hybridized carbons (Fsp3) is 0.588. The Kier molecular flexibility index (Phi) is 18.1. The Labute approximate surface area is 242 Å². The molecule has 40 heavy (non-hydrogen) atoms. The van der Waals surface area contributed by atoms with E-state index in [1.807, 2.05) is 48.5 Å². The van der Waals surface area contributed by atoms with Gasteiger partial charge in [-0.1, -0.05) is 88.4 Å². The van der Waals surface area contributed by atoms with E-state index in [4.69, 9.17) is 9.47 Å². The van der Waals surface area contributed by atoms with Crippen molar-refractivity contribution >= 4 is 11.4 Å². The molecule has 2 aromatic carbocycles. The van der Waals surface area contributed by atoms with E-state index in [9.17, 15) is 10.4 Å². The molecule has 0 aliphatic heterocycles. The molecule has 222 valence electrons. The summed E-state index contributed by atoms with van der Waals surface area (Å²) in [5, 5.41) is 26.1. The van der Waals surface area contributed by atoms with Crippen LogP contribution in [0.3, 0.4) is 0 Å². The number of ether oxygens (including phenoxy) is 2. The van der Waals surface area contributed by atoms with Gasteiger partial charge in [0, 0.05) is 0 Å². The first kappa shape index (κ1) is 33.2. The van der Waals surface area contributed by atoms with Crippen molar-refractivity contribution in [3.05, 3.63) is 59.7 Å². The van der Waals surface area contributed by atoms with Crippen LogP contribution in [-0.2, 0) is 0 Å². The largest absolute Gasteiger partial charge is 0.494 e. The SMILES string of the molecule is CCCCCCOc1ccc(/C(CCCCCCCC/C(=N\O)c2ccc(OCCCCCC)cc2)=N\O)cc1. The molecule has 0 atom stereocenters. The number of nitrogens with zero attached hydrogens (tertiary/aromatic N) is 2. The van der Waals surface area contributed by atoms with Gasteiger partial charge in [-0.25, -0.2) is 0 Å². The first-order chi connectivity index (χ1) is 19.7. The summed E-state index contributed by atoms with van der Waals surface area (Å²) in [6, 6.07) is 15.8. The highest BCUT2D eigenvalue weighted by Crippen LogP contribution is 2.19. The molecule has 6 nitrogen and oxygen atoms in total. The lowest BCUT2D eigenvalue weighted by Crippen LogP contribution is -2.03. The van der Waals surface area contributed by atoms with Gasteiger partial charge in [-0.3, -0.25) is 0 Å². The number of hydrogen-bond acceptors (Lipinski definition) is 6. The highest BCUT2D eigenvalue weighted by Gasteiger charge is 2.07. The van der Waals surface area contributed by atoms with Gasteiger partial charge in [0.1, 0.15) is 11.5 Å². The Hall–Kier alpha value is -3.02. The van der Waals surface area contributed by atoms with Crippen molar-refractivity contribution in [1.82, 2.24) is 0 Å². The van der Waals surface area contributed by atoms with Crippen LogP contribution in [0.5, 0.6) is 11.5 Å². The van der Waals surface area contributed by atoms with Gasteiger partial charge < -0.3 is 19.9 Å². The average molecular weight is 553 g/mol. The Morgan fingerprint density at radius 2 is 0.850 bits per heavy atom. The molecule has 0 saturated heterocycles. The van der Waals surface area contributed by atoms with Crippen LogP contribution in [-0.4, -0.2) is 35.1 Å². The zero-order chi connectivity index (χ0) is 28.7.